The lowest BCUT2D eigenvalue weighted by molar-refractivity contribution is 0.0992. The molecule has 0 saturated heterocycles. The van der Waals surface area contributed by atoms with Gasteiger partial charge in [0, 0.05) is 30.2 Å². The third kappa shape index (κ3) is 4.06. The summed E-state index contributed by atoms with van der Waals surface area (Å²) in [5, 5.41) is 11.1. The van der Waals surface area contributed by atoms with Crippen LogP contribution in [0.5, 0.6) is 0 Å². The van der Waals surface area contributed by atoms with Crippen molar-refractivity contribution in [1.82, 2.24) is 9.38 Å². The Bertz CT molecular complexity index is 1300. The van der Waals surface area contributed by atoms with Gasteiger partial charge >= 0.3 is 6.09 Å². The lowest BCUT2D eigenvalue weighted by Crippen LogP contribution is -2.26. The molecule has 0 aliphatic rings. The lowest BCUT2D eigenvalue weighted by Gasteiger charge is -2.18. The monoisotopic (exact) mass is 438 g/mol. The molecule has 0 aliphatic carbocycles. The number of imidazole rings is 1. The van der Waals surface area contributed by atoms with E-state index in [1.165, 1.54) is 17.0 Å². The lowest BCUT2D eigenvalue weighted by atomic mass is 10.1. The maximum atomic E-state index is 13.8. The van der Waals surface area contributed by atoms with Crippen molar-refractivity contribution < 1.29 is 19.1 Å². The number of pyridine rings is 1. The van der Waals surface area contributed by atoms with Crippen LogP contribution in [-0.4, -0.2) is 33.5 Å². The Kier molecular flexibility index (Phi) is 5.31. The van der Waals surface area contributed by atoms with E-state index in [0.29, 0.717) is 22.6 Å². The average molecular weight is 439 g/mol. The van der Waals surface area contributed by atoms with Gasteiger partial charge in [-0.25, -0.2) is 14.2 Å². The number of nitrogens with one attached hydrogen (secondary N) is 1. The number of benzene rings is 2. The van der Waals surface area contributed by atoms with Crippen LogP contribution in [0.25, 0.3) is 16.9 Å². The van der Waals surface area contributed by atoms with Crippen LogP contribution < -0.4 is 10.2 Å². The van der Waals surface area contributed by atoms with Crippen molar-refractivity contribution in [2.75, 3.05) is 17.3 Å². The molecule has 2 aromatic heterocycles. The van der Waals surface area contributed by atoms with E-state index in [1.54, 1.807) is 66.3 Å². The minimum atomic E-state index is -1.14. The van der Waals surface area contributed by atoms with Crippen LogP contribution >= 0.6 is 11.6 Å². The molecule has 4 rings (SSSR count). The van der Waals surface area contributed by atoms with Crippen LogP contribution in [0.4, 0.5) is 20.6 Å². The molecular weight excluding hydrogens is 423 g/mol. The summed E-state index contributed by atoms with van der Waals surface area (Å²) in [4.78, 5) is 29.4. The standard InChI is InChI=1S/C22H16ClFN4O3/c1-27(16-7-8-17(23)18(24)10-16)21(29)14-4-9-20-25-11-19(28(20)12-14)13-2-5-15(6-3-13)26-22(30)31/h2-12,26H,1H3,(H,30,31). The van der Waals surface area contributed by atoms with Crippen LogP contribution in [0.2, 0.25) is 5.02 Å². The molecule has 0 bridgehead atoms. The Balaban J connectivity index is 1.67. The normalized spacial score (nSPS) is 10.8. The number of carbonyl (C=O) groups is 2. The van der Waals surface area contributed by atoms with Gasteiger partial charge in [-0.05, 0) is 42.5 Å². The maximum absolute atomic E-state index is 13.8. The van der Waals surface area contributed by atoms with Crippen molar-refractivity contribution >= 4 is 40.6 Å². The molecule has 7 nitrogen and oxygen atoms in total. The first-order chi connectivity index (χ1) is 14.8. The van der Waals surface area contributed by atoms with Crippen LogP contribution in [0.3, 0.4) is 0 Å². The molecule has 2 N–H and O–H groups in total. The zero-order valence-corrected chi connectivity index (χ0v) is 17.0. The van der Waals surface area contributed by atoms with E-state index in [-0.39, 0.29) is 10.9 Å². The molecular formula is C22H16ClFN4O3. The zero-order valence-electron chi connectivity index (χ0n) is 16.2. The molecule has 0 atom stereocenters. The number of hydrogen-bond acceptors (Lipinski definition) is 3. The highest BCUT2D eigenvalue weighted by Gasteiger charge is 2.17. The van der Waals surface area contributed by atoms with E-state index in [9.17, 15) is 14.0 Å². The SMILES string of the molecule is CN(C(=O)c1ccc2ncc(-c3ccc(NC(=O)O)cc3)n2c1)c1ccc(Cl)c(F)c1. The fraction of sp³-hybridized carbons (Fsp3) is 0.0455. The summed E-state index contributed by atoms with van der Waals surface area (Å²) in [6.07, 6.45) is 2.18. The van der Waals surface area contributed by atoms with Gasteiger partial charge in [0.2, 0.25) is 0 Å². The average Bonchev–Trinajstić information content (AvgIpc) is 3.18. The number of rotatable bonds is 4. The van der Waals surface area contributed by atoms with Crippen molar-refractivity contribution in [3.8, 4) is 11.3 Å². The third-order valence-electron chi connectivity index (χ3n) is 4.78. The van der Waals surface area contributed by atoms with Crippen LogP contribution in [0.15, 0.2) is 67.0 Å². The molecule has 2 aromatic carbocycles. The number of nitrogens with zero attached hydrogens (tertiary/aromatic N) is 3. The van der Waals surface area contributed by atoms with E-state index in [4.69, 9.17) is 16.7 Å². The van der Waals surface area contributed by atoms with Gasteiger partial charge in [0.25, 0.3) is 5.91 Å². The van der Waals surface area contributed by atoms with Crippen molar-refractivity contribution in [3.63, 3.8) is 0 Å². The molecule has 0 unspecified atom stereocenters. The third-order valence-corrected chi connectivity index (χ3v) is 5.09. The van der Waals surface area contributed by atoms with Crippen LogP contribution in [0, 0.1) is 5.82 Å². The number of amides is 2. The smallest absolute Gasteiger partial charge is 0.409 e. The van der Waals surface area contributed by atoms with Gasteiger partial charge in [-0.2, -0.15) is 0 Å². The number of halogens is 2. The molecule has 0 aliphatic heterocycles. The molecule has 9 heteroatoms. The number of carboxylic acid groups (broad SMARTS) is 1. The second kappa shape index (κ2) is 8.08. The number of carbonyl (C=O) groups excluding carboxylic acids is 1. The topological polar surface area (TPSA) is 86.9 Å². The van der Waals surface area contributed by atoms with E-state index >= 15 is 0 Å². The first-order valence-electron chi connectivity index (χ1n) is 9.14. The summed E-state index contributed by atoms with van der Waals surface area (Å²) in [6, 6.07) is 14.3. The van der Waals surface area contributed by atoms with Crippen molar-refractivity contribution in [2.45, 2.75) is 0 Å². The summed E-state index contributed by atoms with van der Waals surface area (Å²) in [6.45, 7) is 0. The Morgan fingerprint density at radius 1 is 1.13 bits per heavy atom. The molecule has 0 spiro atoms. The summed E-state index contributed by atoms with van der Waals surface area (Å²) < 4.78 is 15.6. The molecule has 2 heterocycles. The highest BCUT2D eigenvalue weighted by atomic mass is 35.5. The summed E-state index contributed by atoms with van der Waals surface area (Å²) in [5.41, 5.74) is 3.36. The van der Waals surface area contributed by atoms with Gasteiger partial charge < -0.3 is 10.0 Å². The largest absolute Gasteiger partial charge is 0.465 e. The van der Waals surface area contributed by atoms with E-state index in [0.717, 1.165) is 11.3 Å². The Hall–Kier alpha value is -3.91. The van der Waals surface area contributed by atoms with Crippen molar-refractivity contribution in [2.24, 2.45) is 0 Å². The first kappa shape index (κ1) is 20.4. The number of hydrogen-bond donors (Lipinski definition) is 2. The first-order valence-corrected chi connectivity index (χ1v) is 9.52. The maximum Gasteiger partial charge on any atom is 0.409 e. The van der Waals surface area contributed by atoms with E-state index in [2.05, 4.69) is 10.3 Å². The Morgan fingerprint density at radius 3 is 2.55 bits per heavy atom. The van der Waals surface area contributed by atoms with Crippen LogP contribution in [-0.2, 0) is 0 Å². The van der Waals surface area contributed by atoms with Gasteiger partial charge in [0.1, 0.15) is 11.5 Å². The Morgan fingerprint density at radius 2 is 1.87 bits per heavy atom. The number of anilines is 2. The fourth-order valence-electron chi connectivity index (χ4n) is 3.17. The quantitative estimate of drug-likeness (QED) is 0.460. The van der Waals surface area contributed by atoms with Gasteiger partial charge in [0.15, 0.2) is 0 Å². The van der Waals surface area contributed by atoms with Gasteiger partial charge in [-0.15, -0.1) is 0 Å². The zero-order chi connectivity index (χ0) is 22.1. The molecule has 0 radical (unpaired) electrons. The molecule has 4 aromatic rings. The van der Waals surface area contributed by atoms with Gasteiger partial charge in [0.05, 0.1) is 22.5 Å². The molecule has 31 heavy (non-hydrogen) atoms. The second-order valence-corrected chi connectivity index (χ2v) is 7.17. The second-order valence-electron chi connectivity index (χ2n) is 6.76. The predicted octanol–water partition coefficient (Wildman–Crippen LogP) is 5.16. The van der Waals surface area contributed by atoms with Gasteiger partial charge in [-0.1, -0.05) is 23.7 Å². The highest BCUT2D eigenvalue weighted by molar-refractivity contribution is 6.30. The van der Waals surface area contributed by atoms with E-state index in [1.807, 2.05) is 0 Å². The van der Waals surface area contributed by atoms with Crippen molar-refractivity contribution in [1.29, 1.82) is 0 Å². The van der Waals surface area contributed by atoms with Crippen LogP contribution in [0.1, 0.15) is 10.4 Å². The molecule has 156 valence electrons. The number of aromatic nitrogens is 2. The molecule has 2 amide bonds. The van der Waals surface area contributed by atoms with Gasteiger partial charge in [-0.3, -0.25) is 14.5 Å². The fourth-order valence-corrected chi connectivity index (χ4v) is 3.29. The number of fused-ring (bicyclic) bond motifs is 1. The highest BCUT2D eigenvalue weighted by Crippen LogP contribution is 2.25. The predicted molar refractivity (Wildman–Crippen MR) is 116 cm³/mol. The summed E-state index contributed by atoms with van der Waals surface area (Å²) in [5.74, 6) is -0.934. The van der Waals surface area contributed by atoms with E-state index < -0.39 is 11.9 Å². The van der Waals surface area contributed by atoms with Crippen molar-refractivity contribution in [3.05, 3.63) is 83.4 Å². The minimum absolute atomic E-state index is 0.0151. The molecule has 0 saturated carbocycles. The summed E-state index contributed by atoms with van der Waals surface area (Å²) in [7, 11) is 1.55. The molecule has 0 fully saturated rings. The Labute approximate surface area is 181 Å². The summed E-state index contributed by atoms with van der Waals surface area (Å²) >= 11 is 5.72. The minimum Gasteiger partial charge on any atom is -0.465 e.